The maximum absolute atomic E-state index is 12.8. The minimum absolute atomic E-state index is 0.0195. The zero-order valence-electron chi connectivity index (χ0n) is 14.1. The number of amides is 1. The van der Waals surface area contributed by atoms with Crippen molar-refractivity contribution in [3.63, 3.8) is 0 Å². The van der Waals surface area contributed by atoms with Gasteiger partial charge in [0, 0.05) is 25.6 Å². The van der Waals surface area contributed by atoms with Crippen molar-refractivity contribution < 1.29 is 19.1 Å². The molecule has 130 valence electrons. The molecule has 0 aromatic carbocycles. The highest BCUT2D eigenvalue weighted by atomic mass is 16.5. The van der Waals surface area contributed by atoms with Gasteiger partial charge in [0.2, 0.25) is 0 Å². The maximum Gasteiger partial charge on any atom is 0.407 e. The molecule has 1 saturated heterocycles. The van der Waals surface area contributed by atoms with Gasteiger partial charge in [-0.1, -0.05) is 25.5 Å². The number of esters is 1. The molecule has 0 aromatic rings. The molecule has 1 amide bonds. The summed E-state index contributed by atoms with van der Waals surface area (Å²) in [5.74, 6) is 0.00589. The molecule has 1 fully saturated rings. The highest BCUT2D eigenvalue weighted by Crippen LogP contribution is 2.45. The normalized spacial score (nSPS) is 29.0. The van der Waals surface area contributed by atoms with Gasteiger partial charge in [-0.25, -0.2) is 4.79 Å². The Morgan fingerprint density at radius 3 is 2.91 bits per heavy atom. The number of fused-ring (bicyclic) bond motifs is 1. The Kier molecular flexibility index (Phi) is 6.45. The lowest BCUT2D eigenvalue weighted by Crippen LogP contribution is -2.51. The summed E-state index contributed by atoms with van der Waals surface area (Å²) in [6.07, 6.45) is 6.42. The largest absolute Gasteiger partial charge is 0.465 e. The highest BCUT2D eigenvalue weighted by molar-refractivity contribution is 5.79. The second-order valence-electron chi connectivity index (χ2n) is 6.23. The van der Waals surface area contributed by atoms with Gasteiger partial charge in [-0.3, -0.25) is 4.79 Å². The number of hydrogen-bond acceptors (Lipinski definition) is 5. The van der Waals surface area contributed by atoms with Gasteiger partial charge < -0.3 is 20.1 Å². The monoisotopic (exact) mass is 324 g/mol. The van der Waals surface area contributed by atoms with Crippen LogP contribution in [0.3, 0.4) is 0 Å². The summed E-state index contributed by atoms with van der Waals surface area (Å²) in [6, 6.07) is 0. The molecule has 6 heteroatoms. The van der Waals surface area contributed by atoms with E-state index in [0.29, 0.717) is 26.3 Å². The van der Waals surface area contributed by atoms with Crippen molar-refractivity contribution in [3.8, 4) is 0 Å². The van der Waals surface area contributed by atoms with Crippen molar-refractivity contribution in [2.24, 2.45) is 17.3 Å². The Morgan fingerprint density at radius 1 is 1.35 bits per heavy atom. The molecule has 2 rings (SSSR count). The number of unbranched alkanes of at least 4 members (excludes halogenated alkanes) is 1. The van der Waals surface area contributed by atoms with Gasteiger partial charge in [0.25, 0.3) is 0 Å². The first-order chi connectivity index (χ1) is 11.1. The summed E-state index contributed by atoms with van der Waals surface area (Å²) in [6.45, 7) is 6.44. The van der Waals surface area contributed by atoms with Gasteiger partial charge in [-0.15, -0.1) is 0 Å². The fraction of sp³-hybridized carbons (Fsp3) is 0.765. The van der Waals surface area contributed by atoms with Crippen LogP contribution >= 0.6 is 0 Å². The first-order valence-corrected chi connectivity index (χ1v) is 8.60. The van der Waals surface area contributed by atoms with E-state index in [1.165, 1.54) is 0 Å². The predicted molar refractivity (Wildman–Crippen MR) is 86.9 cm³/mol. The predicted octanol–water partition coefficient (Wildman–Crippen LogP) is 1.86. The Bertz CT molecular complexity index is 452. The van der Waals surface area contributed by atoms with Gasteiger partial charge >= 0.3 is 12.1 Å². The van der Waals surface area contributed by atoms with E-state index >= 15 is 0 Å². The van der Waals surface area contributed by atoms with Gasteiger partial charge in [-0.05, 0) is 25.7 Å². The number of hydrogen-bond donors (Lipinski definition) is 2. The molecule has 0 spiro atoms. The molecular formula is C17H28N2O4. The average Bonchev–Trinajstić information content (AvgIpc) is 2.99. The SMILES string of the molecule is CCCCOC(=O)C12CNCC1C=CCC2CNC(=O)OCC. The standard InChI is InChI=1S/C17H28N2O4/c1-3-5-9-23-15(20)17-12-18-10-13(17)7-6-8-14(17)11-19-16(21)22-4-2/h6-7,13-14,18H,3-5,8-12H2,1-2H3,(H,19,21). The van der Waals surface area contributed by atoms with Gasteiger partial charge in [0.1, 0.15) is 0 Å². The highest BCUT2D eigenvalue weighted by Gasteiger charge is 2.55. The van der Waals surface area contributed by atoms with Crippen LogP contribution in [-0.4, -0.2) is 44.9 Å². The molecule has 1 aliphatic heterocycles. The van der Waals surface area contributed by atoms with Crippen LogP contribution in [0.15, 0.2) is 12.2 Å². The molecule has 0 radical (unpaired) electrons. The molecule has 23 heavy (non-hydrogen) atoms. The minimum Gasteiger partial charge on any atom is -0.465 e. The van der Waals surface area contributed by atoms with Gasteiger partial charge in [0.05, 0.1) is 18.6 Å². The molecule has 2 N–H and O–H groups in total. The summed E-state index contributed by atoms with van der Waals surface area (Å²) in [4.78, 5) is 24.4. The second kappa shape index (κ2) is 8.34. The van der Waals surface area contributed by atoms with Crippen LogP contribution in [0.5, 0.6) is 0 Å². The second-order valence-corrected chi connectivity index (χ2v) is 6.23. The number of carbonyl (C=O) groups is 2. The number of alkyl carbamates (subject to hydrolysis) is 1. The smallest absolute Gasteiger partial charge is 0.407 e. The van der Waals surface area contributed by atoms with Crippen LogP contribution in [0.25, 0.3) is 0 Å². The summed E-state index contributed by atoms with van der Waals surface area (Å²) < 4.78 is 10.5. The van der Waals surface area contributed by atoms with E-state index in [1.54, 1.807) is 6.92 Å². The van der Waals surface area contributed by atoms with Crippen molar-refractivity contribution in [2.45, 2.75) is 33.1 Å². The van der Waals surface area contributed by atoms with Crippen LogP contribution in [0, 0.1) is 17.3 Å². The average molecular weight is 324 g/mol. The number of rotatable bonds is 7. The third kappa shape index (κ3) is 3.86. The third-order valence-electron chi connectivity index (χ3n) is 4.84. The van der Waals surface area contributed by atoms with Crippen molar-refractivity contribution in [1.82, 2.24) is 10.6 Å². The summed E-state index contributed by atoms with van der Waals surface area (Å²) in [5.41, 5.74) is -0.581. The number of nitrogens with one attached hydrogen (secondary N) is 2. The van der Waals surface area contributed by atoms with Crippen molar-refractivity contribution in [2.75, 3.05) is 32.8 Å². The van der Waals surface area contributed by atoms with Crippen molar-refractivity contribution in [1.29, 1.82) is 0 Å². The molecule has 1 aliphatic carbocycles. The van der Waals surface area contributed by atoms with E-state index in [0.717, 1.165) is 25.8 Å². The molecule has 3 unspecified atom stereocenters. The zero-order valence-corrected chi connectivity index (χ0v) is 14.1. The summed E-state index contributed by atoms with van der Waals surface area (Å²) >= 11 is 0. The molecule has 0 saturated carbocycles. The van der Waals surface area contributed by atoms with Crippen LogP contribution in [0.4, 0.5) is 4.79 Å². The fourth-order valence-electron chi connectivity index (χ4n) is 3.54. The lowest BCUT2D eigenvalue weighted by molar-refractivity contribution is -0.161. The number of allylic oxidation sites excluding steroid dienone is 1. The minimum atomic E-state index is -0.581. The van der Waals surface area contributed by atoms with Crippen LogP contribution < -0.4 is 10.6 Å². The van der Waals surface area contributed by atoms with E-state index < -0.39 is 11.5 Å². The first-order valence-electron chi connectivity index (χ1n) is 8.60. The third-order valence-corrected chi connectivity index (χ3v) is 4.84. The lowest BCUT2D eigenvalue weighted by Gasteiger charge is -2.40. The molecule has 1 heterocycles. The topological polar surface area (TPSA) is 76.7 Å². The molecule has 2 aliphatic rings. The van der Waals surface area contributed by atoms with E-state index in [4.69, 9.17) is 9.47 Å². The molecule has 6 nitrogen and oxygen atoms in total. The molecule has 0 bridgehead atoms. The molecule has 3 atom stereocenters. The van der Waals surface area contributed by atoms with Crippen LogP contribution in [0.1, 0.15) is 33.1 Å². The molecule has 0 aromatic heterocycles. The molecular weight excluding hydrogens is 296 g/mol. The van der Waals surface area contributed by atoms with Crippen LogP contribution in [0.2, 0.25) is 0 Å². The van der Waals surface area contributed by atoms with Crippen molar-refractivity contribution in [3.05, 3.63) is 12.2 Å². The summed E-state index contributed by atoms with van der Waals surface area (Å²) in [7, 11) is 0. The lowest BCUT2D eigenvalue weighted by atomic mass is 9.64. The van der Waals surface area contributed by atoms with Gasteiger partial charge in [-0.2, -0.15) is 0 Å². The zero-order chi connectivity index (χ0) is 16.7. The maximum atomic E-state index is 12.8. The van der Waals surface area contributed by atoms with E-state index in [9.17, 15) is 9.59 Å². The van der Waals surface area contributed by atoms with E-state index in [1.807, 2.05) is 0 Å². The van der Waals surface area contributed by atoms with Crippen LogP contribution in [-0.2, 0) is 14.3 Å². The Morgan fingerprint density at radius 2 is 2.17 bits per heavy atom. The van der Waals surface area contributed by atoms with Gasteiger partial charge in [0.15, 0.2) is 0 Å². The first kappa shape index (κ1) is 17.8. The quantitative estimate of drug-likeness (QED) is 0.425. The fourth-order valence-corrected chi connectivity index (χ4v) is 3.54. The number of ether oxygens (including phenoxy) is 2. The van der Waals surface area contributed by atoms with E-state index in [-0.39, 0.29) is 17.8 Å². The Balaban J connectivity index is 2.07. The number of carbonyl (C=O) groups excluding carboxylic acids is 2. The van der Waals surface area contributed by atoms with Crippen molar-refractivity contribution >= 4 is 12.1 Å². The van der Waals surface area contributed by atoms with E-state index in [2.05, 4.69) is 29.7 Å². The Hall–Kier alpha value is -1.56. The summed E-state index contributed by atoms with van der Waals surface area (Å²) in [5, 5.41) is 6.11. The Labute approximate surface area is 138 Å².